The number of nitrogens with zero attached hydrogens (tertiary/aromatic N) is 2. The van der Waals surface area contributed by atoms with Gasteiger partial charge in [-0.2, -0.15) is 0 Å². The van der Waals surface area contributed by atoms with Gasteiger partial charge in [0.05, 0.1) is 19.8 Å². The highest BCUT2D eigenvalue weighted by atomic mass is 32.1. The van der Waals surface area contributed by atoms with Gasteiger partial charge in [-0.3, -0.25) is 0 Å². The smallest absolute Gasteiger partial charge is 0.265 e. The molecule has 0 radical (unpaired) electrons. The lowest BCUT2D eigenvalue weighted by Gasteiger charge is -1.98. The Morgan fingerprint density at radius 3 is 3.06 bits per heavy atom. The number of methoxy groups -OCH3 is 1. The Kier molecular flexibility index (Phi) is 3.47. The lowest BCUT2D eigenvalue weighted by molar-refractivity contribution is 0.416. The van der Waals surface area contributed by atoms with Crippen molar-refractivity contribution in [2.75, 3.05) is 7.11 Å². The number of furan rings is 1. The van der Waals surface area contributed by atoms with Crippen LogP contribution in [-0.4, -0.2) is 7.11 Å². The van der Waals surface area contributed by atoms with E-state index >= 15 is 0 Å². The third kappa shape index (κ3) is 2.27. The van der Waals surface area contributed by atoms with Crippen molar-refractivity contribution in [3.8, 4) is 22.5 Å². The fourth-order valence-corrected chi connectivity index (χ4v) is 2.24. The summed E-state index contributed by atoms with van der Waals surface area (Å²) in [5.41, 5.74) is -0.00551. The lowest BCUT2D eigenvalue weighted by Crippen LogP contribution is -1.80. The van der Waals surface area contributed by atoms with Crippen molar-refractivity contribution < 1.29 is 9.15 Å². The van der Waals surface area contributed by atoms with E-state index < -0.39 is 0 Å². The monoisotopic (exact) mass is 256 g/mol. The molecular formula is C13H8N2O2S. The molecule has 88 valence electrons. The minimum Gasteiger partial charge on any atom is -0.495 e. The molecule has 4 nitrogen and oxygen atoms in total. The normalized spacial score (nSPS) is 10.7. The van der Waals surface area contributed by atoms with E-state index in [0.29, 0.717) is 11.5 Å². The molecule has 0 atom stereocenters. The van der Waals surface area contributed by atoms with Crippen molar-refractivity contribution in [3.63, 3.8) is 0 Å². The van der Waals surface area contributed by atoms with E-state index in [9.17, 15) is 0 Å². The Labute approximate surface area is 108 Å². The summed E-state index contributed by atoms with van der Waals surface area (Å²) in [6, 6.07) is 7.16. The molecule has 2 aromatic heterocycles. The second-order valence-corrected chi connectivity index (χ2v) is 4.19. The highest BCUT2D eigenvalue weighted by molar-refractivity contribution is 7.13. The summed E-state index contributed by atoms with van der Waals surface area (Å²) in [4.78, 5) is 3.96. The van der Waals surface area contributed by atoms with Gasteiger partial charge in [0.25, 0.3) is 5.70 Å². The SMILES string of the molecule is [C-]#[N+]/C(C#N)=C\c1ccc(-c2sccc2OC)o1. The Morgan fingerprint density at radius 1 is 1.56 bits per heavy atom. The first-order valence-electron chi connectivity index (χ1n) is 4.99. The molecule has 0 aliphatic carbocycles. The molecule has 0 amide bonds. The van der Waals surface area contributed by atoms with E-state index in [1.807, 2.05) is 11.4 Å². The lowest BCUT2D eigenvalue weighted by atomic mass is 10.3. The van der Waals surface area contributed by atoms with Gasteiger partial charge in [-0.25, -0.2) is 10.1 Å². The van der Waals surface area contributed by atoms with Gasteiger partial charge < -0.3 is 9.15 Å². The fraction of sp³-hybridized carbons (Fsp3) is 0.0769. The molecule has 0 aliphatic heterocycles. The molecule has 5 heteroatoms. The highest BCUT2D eigenvalue weighted by Gasteiger charge is 2.11. The predicted molar refractivity (Wildman–Crippen MR) is 68.8 cm³/mol. The van der Waals surface area contributed by atoms with E-state index in [1.165, 1.54) is 17.4 Å². The highest BCUT2D eigenvalue weighted by Crippen LogP contribution is 2.36. The fourth-order valence-electron chi connectivity index (χ4n) is 1.41. The maximum atomic E-state index is 8.67. The third-order valence-electron chi connectivity index (χ3n) is 2.21. The van der Waals surface area contributed by atoms with E-state index in [0.717, 1.165) is 10.6 Å². The van der Waals surface area contributed by atoms with Crippen LogP contribution < -0.4 is 4.74 Å². The van der Waals surface area contributed by atoms with Crippen LogP contribution in [0.1, 0.15) is 5.76 Å². The molecule has 2 aromatic rings. The van der Waals surface area contributed by atoms with E-state index in [4.69, 9.17) is 21.0 Å². The topological polar surface area (TPSA) is 50.5 Å². The zero-order valence-electron chi connectivity index (χ0n) is 9.51. The van der Waals surface area contributed by atoms with E-state index in [2.05, 4.69) is 4.85 Å². The van der Waals surface area contributed by atoms with Crippen LogP contribution in [0.25, 0.3) is 21.6 Å². The second-order valence-electron chi connectivity index (χ2n) is 3.27. The van der Waals surface area contributed by atoms with Crippen LogP contribution in [0.4, 0.5) is 0 Å². The number of hydrogen-bond donors (Lipinski definition) is 0. The van der Waals surface area contributed by atoms with Crippen molar-refractivity contribution in [2.24, 2.45) is 0 Å². The van der Waals surface area contributed by atoms with Gasteiger partial charge >= 0.3 is 0 Å². The number of hydrogen-bond acceptors (Lipinski definition) is 4. The molecule has 2 rings (SSSR count). The van der Waals surface area contributed by atoms with Crippen molar-refractivity contribution >= 4 is 17.4 Å². The number of thiophene rings is 1. The summed E-state index contributed by atoms with van der Waals surface area (Å²) in [5, 5.41) is 10.6. The Morgan fingerprint density at radius 2 is 2.39 bits per heavy atom. The molecular weight excluding hydrogens is 248 g/mol. The quantitative estimate of drug-likeness (QED) is 0.620. The largest absolute Gasteiger partial charge is 0.495 e. The maximum absolute atomic E-state index is 8.67. The molecule has 2 heterocycles. The summed E-state index contributed by atoms with van der Waals surface area (Å²) in [6.07, 6.45) is 1.41. The zero-order chi connectivity index (χ0) is 13.0. The molecule has 0 saturated carbocycles. The van der Waals surface area contributed by atoms with Gasteiger partial charge in [0.15, 0.2) is 0 Å². The van der Waals surface area contributed by atoms with E-state index in [-0.39, 0.29) is 5.70 Å². The van der Waals surface area contributed by atoms with Crippen molar-refractivity contribution in [3.05, 3.63) is 46.5 Å². The van der Waals surface area contributed by atoms with Crippen molar-refractivity contribution in [2.45, 2.75) is 0 Å². The van der Waals surface area contributed by atoms with E-state index in [1.54, 1.807) is 25.3 Å². The van der Waals surface area contributed by atoms with Crippen LogP contribution in [0.15, 0.2) is 33.7 Å². The number of nitriles is 1. The molecule has 0 saturated heterocycles. The molecule has 0 bridgehead atoms. The molecule has 0 fully saturated rings. The molecule has 0 N–H and O–H groups in total. The second kappa shape index (κ2) is 5.22. The van der Waals surface area contributed by atoms with Gasteiger partial charge in [0, 0.05) is 0 Å². The maximum Gasteiger partial charge on any atom is 0.265 e. The first kappa shape index (κ1) is 12.0. The van der Waals surface area contributed by atoms with Gasteiger partial charge in [-0.05, 0) is 29.7 Å². The molecule has 0 spiro atoms. The van der Waals surface area contributed by atoms with Crippen LogP contribution in [-0.2, 0) is 0 Å². The first-order chi connectivity index (χ1) is 8.78. The Balaban J connectivity index is 2.36. The summed E-state index contributed by atoms with van der Waals surface area (Å²) >= 11 is 1.51. The average Bonchev–Trinajstić information content (AvgIpc) is 3.03. The standard InChI is InChI=1S/C13H8N2O2S/c1-15-9(8-14)7-10-3-4-12(17-10)13-11(16-2)5-6-18-13/h3-7H,2H3/b9-7-. The first-order valence-corrected chi connectivity index (χ1v) is 5.87. The number of rotatable bonds is 3. The summed E-state index contributed by atoms with van der Waals surface area (Å²) < 4.78 is 10.8. The van der Waals surface area contributed by atoms with Crippen LogP contribution in [0, 0.1) is 17.9 Å². The minimum absolute atomic E-state index is 0.00551. The average molecular weight is 256 g/mol. The summed E-state index contributed by atoms with van der Waals surface area (Å²) in [6.45, 7) is 6.79. The van der Waals surface area contributed by atoms with Crippen molar-refractivity contribution in [1.82, 2.24) is 0 Å². The number of allylic oxidation sites excluding steroid dienone is 1. The van der Waals surface area contributed by atoms with Crippen LogP contribution in [0.5, 0.6) is 5.75 Å². The molecule has 0 unspecified atom stereocenters. The van der Waals surface area contributed by atoms with Gasteiger partial charge in [0.1, 0.15) is 22.1 Å². The number of ether oxygens (including phenoxy) is 1. The summed E-state index contributed by atoms with van der Waals surface area (Å²) in [5.74, 6) is 1.89. The molecule has 18 heavy (non-hydrogen) atoms. The van der Waals surface area contributed by atoms with Gasteiger partial charge in [-0.15, -0.1) is 11.3 Å². The predicted octanol–water partition coefficient (Wildman–Crippen LogP) is 3.80. The van der Waals surface area contributed by atoms with Crippen molar-refractivity contribution in [1.29, 1.82) is 5.26 Å². The van der Waals surface area contributed by atoms with Gasteiger partial charge in [0.2, 0.25) is 0 Å². The Bertz CT molecular complexity index is 652. The molecule has 0 aromatic carbocycles. The van der Waals surface area contributed by atoms with Crippen LogP contribution >= 0.6 is 11.3 Å². The zero-order valence-corrected chi connectivity index (χ0v) is 10.3. The molecule has 0 aliphatic rings. The minimum atomic E-state index is -0.00551. The Hall–Kier alpha value is -2.50. The summed E-state index contributed by atoms with van der Waals surface area (Å²) in [7, 11) is 1.60. The van der Waals surface area contributed by atoms with Gasteiger partial charge in [-0.1, -0.05) is 0 Å². The van der Waals surface area contributed by atoms with Crippen LogP contribution in [0.3, 0.4) is 0 Å². The van der Waals surface area contributed by atoms with Crippen LogP contribution in [0.2, 0.25) is 0 Å². The third-order valence-corrected chi connectivity index (χ3v) is 3.12.